The Kier molecular flexibility index (Phi) is 3.24. The highest BCUT2D eigenvalue weighted by atomic mass is 32.2. The molecular formula is CH5NO3S. The molecule has 1 unspecified atom stereocenters. The fraction of sp³-hybridized carbons (Fsp3) is 1.00. The fourth-order valence-electron chi connectivity index (χ4n) is 0.0393. The maximum atomic E-state index is 9.72. The molecule has 0 aliphatic rings. The van der Waals surface area contributed by atoms with Gasteiger partial charge in [-0.15, -0.1) is 0 Å². The van der Waals surface area contributed by atoms with Crippen molar-refractivity contribution in [3.63, 3.8) is 0 Å². The third-order valence-corrected chi connectivity index (χ3v) is 0.644. The molecule has 5 heteroatoms. The molecule has 0 rings (SSSR count). The Hall–Kier alpha value is 0.0300. The molecule has 4 nitrogen and oxygen atoms in total. The van der Waals surface area contributed by atoms with Gasteiger partial charge in [0.05, 0.1) is 7.11 Å². The predicted molar refractivity (Wildman–Crippen MR) is 20.4 cm³/mol. The number of hydrogen-bond acceptors (Lipinski definition) is 4. The second-order valence-electron chi connectivity index (χ2n) is 0.467. The summed E-state index contributed by atoms with van der Waals surface area (Å²) in [6.45, 7) is 0. The van der Waals surface area contributed by atoms with Gasteiger partial charge in [0.25, 0.3) is 0 Å². The molecule has 0 radical (unpaired) electrons. The van der Waals surface area contributed by atoms with Crippen molar-refractivity contribution in [1.29, 1.82) is 0 Å². The molecule has 6 heavy (non-hydrogen) atoms. The molecule has 1 atom stereocenters. The van der Waals surface area contributed by atoms with E-state index in [1.807, 2.05) is 0 Å². The molecule has 0 aliphatic heterocycles. The van der Waals surface area contributed by atoms with Crippen LogP contribution in [-0.4, -0.2) is 11.3 Å². The first-order chi connectivity index (χ1) is 2.81. The van der Waals surface area contributed by atoms with Gasteiger partial charge in [-0.25, -0.2) is 0 Å². The van der Waals surface area contributed by atoms with Crippen LogP contribution in [0.25, 0.3) is 0 Å². The smallest absolute Gasteiger partial charge is 0.271 e. The van der Waals surface area contributed by atoms with Crippen LogP contribution in [0.2, 0.25) is 0 Å². The number of rotatable bonds is 2. The summed E-state index contributed by atoms with van der Waals surface area (Å²) in [6.07, 6.45) is 0. The van der Waals surface area contributed by atoms with Crippen LogP contribution in [0.1, 0.15) is 0 Å². The maximum Gasteiger partial charge on any atom is 0.321 e. The van der Waals surface area contributed by atoms with Crippen LogP contribution in [0.3, 0.4) is 0 Å². The first-order valence-electron chi connectivity index (χ1n) is 1.14. The molecule has 0 aromatic heterocycles. The van der Waals surface area contributed by atoms with Gasteiger partial charge in [-0.1, -0.05) is 0 Å². The minimum Gasteiger partial charge on any atom is -0.271 e. The van der Waals surface area contributed by atoms with Crippen LogP contribution < -0.4 is 5.90 Å². The topological polar surface area (TPSA) is 61.5 Å². The summed E-state index contributed by atoms with van der Waals surface area (Å²) in [5, 5.41) is 0. The summed E-state index contributed by atoms with van der Waals surface area (Å²) >= 11 is -1.76. The SMILES string of the molecule is COS(=O)ON. The Morgan fingerprint density at radius 2 is 2.33 bits per heavy atom. The minimum atomic E-state index is -1.76. The fourth-order valence-corrected chi connectivity index (χ4v) is 0.118. The summed E-state index contributed by atoms with van der Waals surface area (Å²) in [5.74, 6) is 4.36. The van der Waals surface area contributed by atoms with E-state index in [4.69, 9.17) is 0 Å². The average molecular weight is 111 g/mol. The van der Waals surface area contributed by atoms with Crippen LogP contribution in [0.15, 0.2) is 0 Å². The summed E-state index contributed by atoms with van der Waals surface area (Å²) in [5.41, 5.74) is 0. The predicted octanol–water partition coefficient (Wildman–Crippen LogP) is -0.898. The molecule has 0 aliphatic carbocycles. The third kappa shape index (κ3) is 2.28. The Bertz CT molecular complexity index is 48.8. The molecule has 0 amide bonds. The molecule has 0 bridgehead atoms. The van der Waals surface area contributed by atoms with E-state index < -0.39 is 11.4 Å². The summed E-state index contributed by atoms with van der Waals surface area (Å²) in [7, 11) is 1.23. The van der Waals surface area contributed by atoms with Crippen LogP contribution in [0.4, 0.5) is 0 Å². The Labute approximate surface area is 38.1 Å². The molecule has 0 aromatic carbocycles. The Morgan fingerprint density at radius 3 is 2.33 bits per heavy atom. The standard InChI is InChI=1S/CH5NO3S/c1-4-6(3)5-2/h2H2,1H3. The third-order valence-electron chi connectivity index (χ3n) is 0.215. The average Bonchev–Trinajstić information content (AvgIpc) is 1.65. The van der Waals surface area contributed by atoms with E-state index in [9.17, 15) is 4.21 Å². The van der Waals surface area contributed by atoms with Crippen molar-refractivity contribution in [2.45, 2.75) is 0 Å². The molecule has 2 N–H and O–H groups in total. The van der Waals surface area contributed by atoms with Crippen LogP contribution >= 0.6 is 0 Å². The van der Waals surface area contributed by atoms with Gasteiger partial charge in [0.15, 0.2) is 0 Å². The van der Waals surface area contributed by atoms with E-state index in [2.05, 4.69) is 14.4 Å². The normalized spacial score (nSPS) is 14.3. The van der Waals surface area contributed by atoms with Crippen molar-refractivity contribution in [2.24, 2.45) is 5.90 Å². The van der Waals surface area contributed by atoms with Crippen LogP contribution in [-0.2, 0) is 19.8 Å². The Morgan fingerprint density at radius 1 is 1.83 bits per heavy atom. The lowest BCUT2D eigenvalue weighted by atomic mass is 11.8. The zero-order chi connectivity index (χ0) is 4.99. The molecule has 0 heterocycles. The summed E-state index contributed by atoms with van der Waals surface area (Å²) in [6, 6.07) is 0. The molecule has 0 aromatic rings. The number of hydrogen-bond donors (Lipinski definition) is 1. The van der Waals surface area contributed by atoms with E-state index in [0.29, 0.717) is 0 Å². The quantitative estimate of drug-likeness (QED) is 0.469. The maximum absolute atomic E-state index is 9.72. The van der Waals surface area contributed by atoms with Crippen molar-refractivity contribution < 1.29 is 12.7 Å². The largest absolute Gasteiger partial charge is 0.321 e. The van der Waals surface area contributed by atoms with Crippen molar-refractivity contribution in [1.82, 2.24) is 0 Å². The molecule has 0 saturated carbocycles. The first-order valence-corrected chi connectivity index (χ1v) is 2.14. The first kappa shape index (κ1) is 6.03. The second kappa shape index (κ2) is 3.23. The molecule has 0 spiro atoms. The van der Waals surface area contributed by atoms with E-state index in [1.54, 1.807) is 0 Å². The molecule has 0 fully saturated rings. The Balaban J connectivity index is 2.99. The molecule has 0 saturated heterocycles. The van der Waals surface area contributed by atoms with Gasteiger partial charge in [0.1, 0.15) is 0 Å². The summed E-state index contributed by atoms with van der Waals surface area (Å²) < 4.78 is 17.4. The van der Waals surface area contributed by atoms with Crippen LogP contribution in [0.5, 0.6) is 0 Å². The van der Waals surface area contributed by atoms with Gasteiger partial charge in [-0.3, -0.25) is 4.18 Å². The lowest BCUT2D eigenvalue weighted by Crippen LogP contribution is -2.03. The van der Waals surface area contributed by atoms with Gasteiger partial charge in [0.2, 0.25) is 0 Å². The van der Waals surface area contributed by atoms with E-state index in [1.165, 1.54) is 7.11 Å². The van der Waals surface area contributed by atoms with E-state index in [0.717, 1.165) is 0 Å². The minimum absolute atomic E-state index is 1.23. The monoisotopic (exact) mass is 111 g/mol. The lowest BCUT2D eigenvalue weighted by Gasteiger charge is -1.85. The van der Waals surface area contributed by atoms with Crippen molar-refractivity contribution in [2.75, 3.05) is 7.11 Å². The zero-order valence-electron chi connectivity index (χ0n) is 3.21. The van der Waals surface area contributed by atoms with Crippen LogP contribution in [0, 0.1) is 0 Å². The van der Waals surface area contributed by atoms with Gasteiger partial charge < -0.3 is 0 Å². The highest BCUT2D eigenvalue weighted by Crippen LogP contribution is 1.73. The molecular weight excluding hydrogens is 106 g/mol. The second-order valence-corrected chi connectivity index (χ2v) is 1.40. The van der Waals surface area contributed by atoms with Crippen molar-refractivity contribution in [3.05, 3.63) is 0 Å². The number of nitrogens with two attached hydrogens (primary N) is 1. The van der Waals surface area contributed by atoms with Crippen molar-refractivity contribution >= 4 is 11.4 Å². The van der Waals surface area contributed by atoms with Gasteiger partial charge in [-0.2, -0.15) is 14.4 Å². The zero-order valence-corrected chi connectivity index (χ0v) is 4.03. The van der Waals surface area contributed by atoms with E-state index in [-0.39, 0.29) is 0 Å². The summed E-state index contributed by atoms with van der Waals surface area (Å²) in [4.78, 5) is 0. The highest BCUT2D eigenvalue weighted by Gasteiger charge is 1.85. The van der Waals surface area contributed by atoms with E-state index >= 15 is 0 Å². The lowest BCUT2D eigenvalue weighted by molar-refractivity contribution is 0.291. The van der Waals surface area contributed by atoms with Gasteiger partial charge >= 0.3 is 11.4 Å². The van der Waals surface area contributed by atoms with Gasteiger partial charge in [0, 0.05) is 0 Å². The van der Waals surface area contributed by atoms with Crippen molar-refractivity contribution in [3.8, 4) is 0 Å². The van der Waals surface area contributed by atoms with Gasteiger partial charge in [-0.05, 0) is 0 Å². The molecule has 38 valence electrons. The highest BCUT2D eigenvalue weighted by molar-refractivity contribution is 7.75.